The SMILES string of the molecule is CCCN(CCCNC(=O)O)C(=O)C1=Cc2sc(Br)cc2N=C(N)C1. The van der Waals surface area contributed by atoms with Crippen molar-refractivity contribution in [3.63, 3.8) is 0 Å². The third kappa shape index (κ3) is 5.57. The van der Waals surface area contributed by atoms with Gasteiger partial charge in [0.2, 0.25) is 5.91 Å². The summed E-state index contributed by atoms with van der Waals surface area (Å²) in [5, 5.41) is 10.9. The third-order valence-electron chi connectivity index (χ3n) is 3.59. The Kier molecular flexibility index (Phi) is 7.01. The van der Waals surface area contributed by atoms with Crippen molar-refractivity contribution < 1.29 is 14.7 Å². The van der Waals surface area contributed by atoms with Gasteiger partial charge >= 0.3 is 6.09 Å². The van der Waals surface area contributed by atoms with Gasteiger partial charge < -0.3 is 21.1 Å². The van der Waals surface area contributed by atoms with E-state index in [9.17, 15) is 9.59 Å². The Balaban J connectivity index is 2.13. The van der Waals surface area contributed by atoms with Gasteiger partial charge in [0.25, 0.3) is 0 Å². The topological polar surface area (TPSA) is 108 Å². The standard InChI is InChI=1S/C16H21BrN4O3S/c1-2-5-21(6-3-4-19-16(23)24)15(22)10-7-12-11(9-13(17)25-12)20-14(18)8-10/h7,9,19H,2-6,8H2,1H3,(H2,18,20)(H,23,24). The van der Waals surface area contributed by atoms with Gasteiger partial charge in [-0.3, -0.25) is 4.79 Å². The van der Waals surface area contributed by atoms with Gasteiger partial charge in [0.15, 0.2) is 0 Å². The molecule has 0 aromatic carbocycles. The van der Waals surface area contributed by atoms with Gasteiger partial charge in [-0.05, 0) is 40.9 Å². The second-order valence-corrected chi connectivity index (χ2v) is 8.09. The lowest BCUT2D eigenvalue weighted by molar-refractivity contribution is -0.127. The predicted molar refractivity (Wildman–Crippen MR) is 103 cm³/mol. The highest BCUT2D eigenvalue weighted by atomic mass is 79.9. The van der Waals surface area contributed by atoms with Crippen LogP contribution in [0.2, 0.25) is 0 Å². The Morgan fingerprint density at radius 1 is 1.48 bits per heavy atom. The minimum absolute atomic E-state index is 0.0762. The second-order valence-electron chi connectivity index (χ2n) is 5.63. The van der Waals surface area contributed by atoms with E-state index in [-0.39, 0.29) is 5.91 Å². The van der Waals surface area contributed by atoms with Gasteiger partial charge in [0, 0.05) is 31.6 Å². The fraction of sp³-hybridized carbons (Fsp3) is 0.438. The van der Waals surface area contributed by atoms with E-state index in [2.05, 4.69) is 26.2 Å². The summed E-state index contributed by atoms with van der Waals surface area (Å²) in [5.41, 5.74) is 7.34. The molecule has 0 spiro atoms. The Hall–Kier alpha value is -1.87. The molecule has 0 atom stereocenters. The largest absolute Gasteiger partial charge is 0.465 e. The van der Waals surface area contributed by atoms with Crippen LogP contribution < -0.4 is 11.1 Å². The molecule has 1 aromatic rings. The maximum atomic E-state index is 12.9. The number of carbonyl (C=O) groups excluding carboxylic acids is 1. The molecule has 136 valence electrons. The zero-order valence-corrected chi connectivity index (χ0v) is 16.3. The van der Waals surface area contributed by atoms with Crippen LogP contribution in [0.5, 0.6) is 0 Å². The highest BCUT2D eigenvalue weighted by Crippen LogP contribution is 2.37. The normalized spacial score (nSPS) is 13.4. The van der Waals surface area contributed by atoms with Crippen molar-refractivity contribution in [1.29, 1.82) is 0 Å². The van der Waals surface area contributed by atoms with Crippen molar-refractivity contribution in [3.8, 4) is 0 Å². The molecule has 2 heterocycles. The van der Waals surface area contributed by atoms with Gasteiger partial charge in [-0.15, -0.1) is 11.3 Å². The molecule has 0 unspecified atom stereocenters. The Labute approximate surface area is 158 Å². The van der Waals surface area contributed by atoms with Crippen molar-refractivity contribution >= 4 is 56.9 Å². The number of halogens is 1. The number of nitrogens with zero attached hydrogens (tertiary/aromatic N) is 2. The van der Waals surface area contributed by atoms with Crippen molar-refractivity contribution in [3.05, 3.63) is 20.3 Å². The Bertz CT molecular complexity index is 714. The number of aliphatic imine (C=N–C) groups is 1. The van der Waals surface area contributed by atoms with Crippen molar-refractivity contribution in [1.82, 2.24) is 10.2 Å². The van der Waals surface area contributed by atoms with Crippen LogP contribution in [-0.4, -0.2) is 47.5 Å². The van der Waals surface area contributed by atoms with Gasteiger partial charge in [0.05, 0.1) is 14.4 Å². The maximum Gasteiger partial charge on any atom is 0.404 e. The Morgan fingerprint density at radius 2 is 2.24 bits per heavy atom. The number of fused-ring (bicyclic) bond motifs is 1. The highest BCUT2D eigenvalue weighted by molar-refractivity contribution is 9.11. The average molecular weight is 429 g/mol. The van der Waals surface area contributed by atoms with Crippen molar-refractivity contribution in [2.24, 2.45) is 10.7 Å². The van der Waals surface area contributed by atoms with E-state index in [0.29, 0.717) is 43.9 Å². The number of thiophene rings is 1. The van der Waals surface area contributed by atoms with Gasteiger partial charge in [-0.2, -0.15) is 0 Å². The number of rotatable bonds is 7. The molecule has 4 N–H and O–H groups in total. The summed E-state index contributed by atoms with van der Waals surface area (Å²) in [6.45, 7) is 3.42. The number of amides is 2. The molecule has 0 bridgehead atoms. The number of hydrogen-bond acceptors (Lipinski definition) is 5. The first-order valence-corrected chi connectivity index (χ1v) is 9.60. The van der Waals surface area contributed by atoms with E-state index in [1.807, 2.05) is 19.1 Å². The summed E-state index contributed by atoms with van der Waals surface area (Å²) in [5.74, 6) is 0.334. The van der Waals surface area contributed by atoms with Gasteiger partial charge in [-0.25, -0.2) is 9.79 Å². The molecule has 0 saturated carbocycles. The molecule has 1 aliphatic rings. The highest BCUT2D eigenvalue weighted by Gasteiger charge is 2.22. The van der Waals surface area contributed by atoms with E-state index in [4.69, 9.17) is 10.8 Å². The second kappa shape index (κ2) is 9.00. The maximum absolute atomic E-state index is 12.9. The molecule has 7 nitrogen and oxygen atoms in total. The first kappa shape index (κ1) is 19.5. The summed E-state index contributed by atoms with van der Waals surface area (Å²) < 4.78 is 0.934. The quantitative estimate of drug-likeness (QED) is 0.579. The Morgan fingerprint density at radius 3 is 2.92 bits per heavy atom. The summed E-state index contributed by atoms with van der Waals surface area (Å²) in [6.07, 6.45) is 2.50. The van der Waals surface area contributed by atoms with E-state index in [0.717, 1.165) is 20.8 Å². The number of amidine groups is 1. The summed E-state index contributed by atoms with van der Waals surface area (Å²) in [4.78, 5) is 30.5. The molecule has 25 heavy (non-hydrogen) atoms. The third-order valence-corrected chi connectivity index (χ3v) is 5.16. The molecule has 1 aliphatic heterocycles. The zero-order valence-electron chi connectivity index (χ0n) is 13.9. The van der Waals surface area contributed by atoms with E-state index in [1.165, 1.54) is 11.3 Å². The molecular formula is C16H21BrN4O3S. The fourth-order valence-corrected chi connectivity index (χ4v) is 4.08. The van der Waals surface area contributed by atoms with Crippen LogP contribution >= 0.6 is 27.3 Å². The number of carboxylic acid groups (broad SMARTS) is 1. The molecular weight excluding hydrogens is 408 g/mol. The minimum atomic E-state index is -1.06. The minimum Gasteiger partial charge on any atom is -0.465 e. The first-order valence-electron chi connectivity index (χ1n) is 7.99. The summed E-state index contributed by atoms with van der Waals surface area (Å²) in [6, 6.07) is 1.89. The molecule has 2 amide bonds. The predicted octanol–water partition coefficient (Wildman–Crippen LogP) is 3.18. The number of hydrogen-bond donors (Lipinski definition) is 3. The van der Waals surface area contributed by atoms with Crippen LogP contribution in [0.25, 0.3) is 6.08 Å². The lowest BCUT2D eigenvalue weighted by Crippen LogP contribution is -2.36. The van der Waals surface area contributed by atoms with E-state index in [1.54, 1.807) is 4.90 Å². The van der Waals surface area contributed by atoms with Crippen LogP contribution in [0.4, 0.5) is 10.5 Å². The number of nitrogens with two attached hydrogens (primary N) is 1. The van der Waals surface area contributed by atoms with E-state index >= 15 is 0 Å². The van der Waals surface area contributed by atoms with Crippen LogP contribution in [0.3, 0.4) is 0 Å². The van der Waals surface area contributed by atoms with Crippen LogP contribution in [0.1, 0.15) is 31.1 Å². The molecule has 1 aromatic heterocycles. The lowest BCUT2D eigenvalue weighted by Gasteiger charge is -2.23. The lowest BCUT2D eigenvalue weighted by atomic mass is 10.1. The summed E-state index contributed by atoms with van der Waals surface area (Å²) in [7, 11) is 0. The zero-order chi connectivity index (χ0) is 18.4. The molecule has 0 fully saturated rings. The number of nitrogens with one attached hydrogen (secondary N) is 1. The molecule has 2 rings (SSSR count). The monoisotopic (exact) mass is 428 g/mol. The average Bonchev–Trinajstić information content (AvgIpc) is 2.79. The van der Waals surface area contributed by atoms with Gasteiger partial charge in [-0.1, -0.05) is 6.92 Å². The first-order chi connectivity index (χ1) is 11.9. The number of carbonyl (C=O) groups is 2. The fourth-order valence-electron chi connectivity index (χ4n) is 2.55. The van der Waals surface area contributed by atoms with Crippen molar-refractivity contribution in [2.75, 3.05) is 19.6 Å². The molecule has 0 aliphatic carbocycles. The van der Waals surface area contributed by atoms with Crippen LogP contribution in [0.15, 0.2) is 20.4 Å². The molecule has 0 saturated heterocycles. The van der Waals surface area contributed by atoms with Crippen LogP contribution in [-0.2, 0) is 4.79 Å². The summed E-state index contributed by atoms with van der Waals surface area (Å²) >= 11 is 4.94. The van der Waals surface area contributed by atoms with Gasteiger partial charge in [0.1, 0.15) is 5.84 Å². The van der Waals surface area contributed by atoms with E-state index < -0.39 is 6.09 Å². The van der Waals surface area contributed by atoms with Crippen molar-refractivity contribution in [2.45, 2.75) is 26.2 Å². The van der Waals surface area contributed by atoms with Crippen LogP contribution in [0, 0.1) is 0 Å². The molecule has 9 heteroatoms. The molecule has 0 radical (unpaired) electrons. The smallest absolute Gasteiger partial charge is 0.404 e.